The number of hydrogen-bond acceptors (Lipinski definition) is 9. The van der Waals surface area contributed by atoms with E-state index in [1.54, 1.807) is 44.2 Å². The minimum absolute atomic E-state index is 0.0191. The summed E-state index contributed by atoms with van der Waals surface area (Å²) in [4.78, 5) is 76.4. The molecule has 0 bridgehead atoms. The van der Waals surface area contributed by atoms with Gasteiger partial charge in [-0.05, 0) is 42.2 Å². The predicted octanol–water partition coefficient (Wildman–Crippen LogP) is -1.46. The third kappa shape index (κ3) is 14.8. The Hall–Kier alpha value is -3.69. The number of carbonyl (C=O) groups excluding carboxylic acids is 6. The number of aliphatic hydroxyl groups is 1. The van der Waals surface area contributed by atoms with Gasteiger partial charge in [-0.2, -0.15) is 11.8 Å². The maximum absolute atomic E-state index is 13.3. The summed E-state index contributed by atoms with van der Waals surface area (Å²) in [5.74, 6) is -3.72. The Bertz CT molecular complexity index is 1140. The third-order valence-corrected chi connectivity index (χ3v) is 7.39. The van der Waals surface area contributed by atoms with E-state index >= 15 is 0 Å². The second-order valence-corrected chi connectivity index (χ2v) is 12.5. The molecule has 1 rings (SSSR count). The van der Waals surface area contributed by atoms with Crippen LogP contribution in [0.4, 0.5) is 0 Å². The fourth-order valence-electron chi connectivity index (χ4n) is 4.23. The van der Waals surface area contributed by atoms with Gasteiger partial charge in [-0.1, -0.05) is 58.0 Å². The number of aliphatic hydroxyl groups excluding tert-OH is 1. The zero-order valence-corrected chi connectivity index (χ0v) is 27.4. The molecule has 0 fully saturated rings. The van der Waals surface area contributed by atoms with Crippen molar-refractivity contribution < 1.29 is 33.9 Å². The van der Waals surface area contributed by atoms with Crippen molar-refractivity contribution >= 4 is 47.2 Å². The summed E-state index contributed by atoms with van der Waals surface area (Å²) in [5, 5.41) is 22.1. The molecular weight excluding hydrogens is 602 g/mol. The standard InChI is InChI=1S/C30H49N7O7S/c1-17(2)13-22(28(42)35-21(26(32)40)11-12-45-5)34-24(39)15-33-30(44)25(18(3)4)37-29(43)23(36-27(41)20(31)16-38)14-19-9-7-6-8-10-19/h6-10,17-18,20-23,25,38H,11-16,31H2,1-5H3,(H2,32,40)(H,33,44)(H,34,39)(H,35,42)(H,36,41)(H,37,43). The average Bonchev–Trinajstić information content (AvgIpc) is 2.99. The molecule has 252 valence electrons. The molecule has 0 heterocycles. The maximum Gasteiger partial charge on any atom is 0.243 e. The van der Waals surface area contributed by atoms with Crippen molar-refractivity contribution in [2.24, 2.45) is 23.3 Å². The van der Waals surface area contributed by atoms with Gasteiger partial charge in [-0.25, -0.2) is 0 Å². The summed E-state index contributed by atoms with van der Waals surface area (Å²) in [6.45, 7) is 6.04. The highest BCUT2D eigenvalue weighted by molar-refractivity contribution is 7.98. The smallest absolute Gasteiger partial charge is 0.243 e. The molecule has 45 heavy (non-hydrogen) atoms. The van der Waals surface area contributed by atoms with Gasteiger partial charge < -0.3 is 43.2 Å². The van der Waals surface area contributed by atoms with Crippen LogP contribution >= 0.6 is 11.8 Å². The summed E-state index contributed by atoms with van der Waals surface area (Å²) in [6.07, 6.45) is 2.57. The van der Waals surface area contributed by atoms with Gasteiger partial charge in [-0.15, -0.1) is 0 Å². The van der Waals surface area contributed by atoms with Crippen LogP contribution < -0.4 is 38.1 Å². The molecule has 0 saturated heterocycles. The first-order chi connectivity index (χ1) is 21.2. The maximum atomic E-state index is 13.3. The molecule has 0 aliphatic heterocycles. The Morgan fingerprint density at radius 2 is 1.42 bits per heavy atom. The fraction of sp³-hybridized carbons (Fsp3) is 0.600. The Morgan fingerprint density at radius 1 is 0.822 bits per heavy atom. The van der Waals surface area contributed by atoms with Gasteiger partial charge in [0.15, 0.2) is 0 Å². The van der Waals surface area contributed by atoms with Crippen molar-refractivity contribution in [3.8, 4) is 0 Å². The first-order valence-corrected chi connectivity index (χ1v) is 16.3. The van der Waals surface area contributed by atoms with E-state index in [2.05, 4.69) is 26.6 Å². The zero-order chi connectivity index (χ0) is 34.1. The number of carbonyl (C=O) groups is 6. The Balaban J connectivity index is 2.94. The molecule has 0 saturated carbocycles. The molecule has 0 aromatic heterocycles. The molecule has 6 amide bonds. The monoisotopic (exact) mass is 651 g/mol. The van der Waals surface area contributed by atoms with Gasteiger partial charge in [0.25, 0.3) is 0 Å². The molecule has 10 N–H and O–H groups in total. The highest BCUT2D eigenvalue weighted by atomic mass is 32.2. The van der Waals surface area contributed by atoms with Gasteiger partial charge >= 0.3 is 0 Å². The van der Waals surface area contributed by atoms with E-state index < -0.39 is 84.7 Å². The van der Waals surface area contributed by atoms with E-state index in [4.69, 9.17) is 11.5 Å². The molecule has 5 atom stereocenters. The van der Waals surface area contributed by atoms with Crippen LogP contribution in [0.5, 0.6) is 0 Å². The van der Waals surface area contributed by atoms with Crippen LogP contribution in [0.3, 0.4) is 0 Å². The number of hydrogen-bond donors (Lipinski definition) is 8. The Morgan fingerprint density at radius 3 is 1.96 bits per heavy atom. The number of rotatable bonds is 20. The lowest BCUT2D eigenvalue weighted by Crippen LogP contribution is -2.58. The fourth-order valence-corrected chi connectivity index (χ4v) is 4.70. The van der Waals surface area contributed by atoms with Crippen molar-refractivity contribution in [1.82, 2.24) is 26.6 Å². The van der Waals surface area contributed by atoms with Crippen LogP contribution in [-0.2, 0) is 35.2 Å². The molecule has 0 spiro atoms. The molecule has 0 aliphatic carbocycles. The lowest BCUT2D eigenvalue weighted by Gasteiger charge is -2.26. The van der Waals surface area contributed by atoms with Crippen LogP contribution in [0.15, 0.2) is 30.3 Å². The van der Waals surface area contributed by atoms with Crippen molar-refractivity contribution in [3.05, 3.63) is 35.9 Å². The van der Waals surface area contributed by atoms with Crippen LogP contribution in [0.1, 0.15) is 46.1 Å². The summed E-state index contributed by atoms with van der Waals surface area (Å²) < 4.78 is 0. The van der Waals surface area contributed by atoms with Crippen LogP contribution in [0.2, 0.25) is 0 Å². The Labute approximate surface area is 269 Å². The Kier molecular flexibility index (Phi) is 17.8. The first-order valence-electron chi connectivity index (χ1n) is 14.9. The lowest BCUT2D eigenvalue weighted by molar-refractivity contribution is -0.134. The van der Waals surface area contributed by atoms with Crippen molar-refractivity contribution in [2.75, 3.05) is 25.2 Å². The van der Waals surface area contributed by atoms with Crippen LogP contribution in [-0.4, -0.2) is 95.9 Å². The average molecular weight is 652 g/mol. The van der Waals surface area contributed by atoms with Gasteiger partial charge in [0.1, 0.15) is 30.2 Å². The minimum atomic E-state index is -1.24. The third-order valence-electron chi connectivity index (χ3n) is 6.75. The summed E-state index contributed by atoms with van der Waals surface area (Å²) in [6, 6.07) is 3.62. The summed E-state index contributed by atoms with van der Waals surface area (Å²) >= 11 is 1.50. The molecule has 1 aromatic carbocycles. The second kappa shape index (κ2) is 20.4. The largest absolute Gasteiger partial charge is 0.394 e. The number of amides is 6. The SMILES string of the molecule is CSCCC(NC(=O)C(CC(C)C)NC(=O)CNC(=O)C(NC(=O)C(Cc1ccccc1)NC(=O)C(N)CO)C(C)C)C(N)=O. The predicted molar refractivity (Wildman–Crippen MR) is 172 cm³/mol. The van der Waals surface area contributed by atoms with E-state index in [9.17, 15) is 33.9 Å². The molecule has 5 unspecified atom stereocenters. The van der Waals surface area contributed by atoms with Gasteiger partial charge in [0, 0.05) is 6.42 Å². The van der Waals surface area contributed by atoms with E-state index in [0.717, 1.165) is 5.56 Å². The lowest BCUT2D eigenvalue weighted by atomic mass is 10.0. The molecule has 0 radical (unpaired) electrons. The normalized spacial score (nSPS) is 14.4. The topological polar surface area (TPSA) is 235 Å². The van der Waals surface area contributed by atoms with Crippen molar-refractivity contribution in [1.29, 1.82) is 0 Å². The minimum Gasteiger partial charge on any atom is -0.394 e. The number of nitrogens with one attached hydrogen (secondary N) is 5. The first kappa shape index (κ1) is 39.3. The van der Waals surface area contributed by atoms with Gasteiger partial charge in [0.2, 0.25) is 35.4 Å². The molecular formula is C30H49N7O7S. The van der Waals surface area contributed by atoms with E-state index in [1.165, 1.54) is 11.8 Å². The van der Waals surface area contributed by atoms with Gasteiger partial charge in [0.05, 0.1) is 13.2 Å². The quantitative estimate of drug-likeness (QED) is 0.0822. The highest BCUT2D eigenvalue weighted by Crippen LogP contribution is 2.09. The van der Waals surface area contributed by atoms with Crippen LogP contribution in [0, 0.1) is 11.8 Å². The van der Waals surface area contributed by atoms with Gasteiger partial charge in [-0.3, -0.25) is 28.8 Å². The molecule has 1 aromatic rings. The molecule has 14 nitrogen and oxygen atoms in total. The number of primary amides is 1. The summed E-state index contributed by atoms with van der Waals surface area (Å²) in [7, 11) is 0. The van der Waals surface area contributed by atoms with E-state index in [-0.39, 0.29) is 18.8 Å². The number of nitrogens with two attached hydrogens (primary N) is 2. The molecule has 15 heteroatoms. The van der Waals surface area contributed by atoms with Crippen molar-refractivity contribution in [3.63, 3.8) is 0 Å². The molecule has 0 aliphatic rings. The second-order valence-electron chi connectivity index (χ2n) is 11.5. The number of benzene rings is 1. The summed E-state index contributed by atoms with van der Waals surface area (Å²) in [5.41, 5.74) is 11.8. The highest BCUT2D eigenvalue weighted by Gasteiger charge is 2.31. The van der Waals surface area contributed by atoms with E-state index in [1.807, 2.05) is 20.1 Å². The zero-order valence-electron chi connectivity index (χ0n) is 26.6. The number of thioether (sulfide) groups is 1. The van der Waals surface area contributed by atoms with Crippen LogP contribution in [0.25, 0.3) is 0 Å². The van der Waals surface area contributed by atoms with E-state index in [0.29, 0.717) is 12.2 Å². The van der Waals surface area contributed by atoms with Crippen molar-refractivity contribution in [2.45, 2.75) is 77.2 Å².